The standard InChI is InChI=1S/C15H16N2/c1-2-9-14(16-10-3-1)15-13(8-5-11-17-15)12-6-4-7-12/h1-3,5,8-12,16H,4,6-7H2. The molecule has 1 aliphatic carbocycles. The third-order valence-electron chi connectivity index (χ3n) is 3.46. The Kier molecular flexibility index (Phi) is 2.78. The molecule has 2 heterocycles. The number of aromatic nitrogens is 1. The van der Waals surface area contributed by atoms with Crippen molar-refractivity contribution in [2.24, 2.45) is 0 Å². The maximum atomic E-state index is 4.55. The molecule has 0 unspecified atom stereocenters. The average Bonchev–Trinajstić information content (AvgIpc) is 2.56. The van der Waals surface area contributed by atoms with Crippen molar-refractivity contribution in [1.82, 2.24) is 10.3 Å². The topological polar surface area (TPSA) is 24.9 Å². The molecule has 1 aromatic rings. The quantitative estimate of drug-likeness (QED) is 0.833. The van der Waals surface area contributed by atoms with Gasteiger partial charge in [-0.1, -0.05) is 24.6 Å². The fraction of sp³-hybridized carbons (Fsp3) is 0.267. The van der Waals surface area contributed by atoms with Gasteiger partial charge in [-0.05, 0) is 42.5 Å². The second kappa shape index (κ2) is 4.58. The highest BCUT2D eigenvalue weighted by Crippen LogP contribution is 2.38. The second-order valence-corrected chi connectivity index (χ2v) is 4.54. The Balaban J connectivity index is 1.98. The van der Waals surface area contributed by atoms with Crippen molar-refractivity contribution < 1.29 is 0 Å². The van der Waals surface area contributed by atoms with Gasteiger partial charge in [0.1, 0.15) is 0 Å². The Morgan fingerprint density at radius 3 is 2.94 bits per heavy atom. The van der Waals surface area contributed by atoms with Crippen molar-refractivity contribution in [1.29, 1.82) is 0 Å². The highest BCUT2D eigenvalue weighted by molar-refractivity contribution is 5.67. The molecule has 1 aromatic heterocycles. The largest absolute Gasteiger partial charge is 0.360 e. The number of nitrogens with zero attached hydrogens (tertiary/aromatic N) is 1. The minimum absolute atomic E-state index is 0.706. The molecule has 17 heavy (non-hydrogen) atoms. The van der Waals surface area contributed by atoms with Crippen LogP contribution < -0.4 is 5.32 Å². The van der Waals surface area contributed by atoms with E-state index in [1.165, 1.54) is 24.8 Å². The van der Waals surface area contributed by atoms with Crippen LogP contribution in [0.5, 0.6) is 0 Å². The Labute approximate surface area is 102 Å². The molecule has 2 heteroatoms. The molecule has 0 atom stereocenters. The fourth-order valence-electron chi connectivity index (χ4n) is 2.30. The van der Waals surface area contributed by atoms with Crippen LogP contribution in [0.3, 0.4) is 0 Å². The van der Waals surface area contributed by atoms with Crippen molar-refractivity contribution in [3.05, 3.63) is 60.1 Å². The van der Waals surface area contributed by atoms with E-state index in [2.05, 4.69) is 22.4 Å². The van der Waals surface area contributed by atoms with Crippen molar-refractivity contribution in [2.45, 2.75) is 25.2 Å². The maximum absolute atomic E-state index is 4.55. The Morgan fingerprint density at radius 1 is 1.18 bits per heavy atom. The zero-order valence-electron chi connectivity index (χ0n) is 9.76. The lowest BCUT2D eigenvalue weighted by molar-refractivity contribution is 0.418. The van der Waals surface area contributed by atoms with Crippen LogP contribution in [0.2, 0.25) is 0 Å². The van der Waals surface area contributed by atoms with Crippen LogP contribution in [-0.4, -0.2) is 4.98 Å². The van der Waals surface area contributed by atoms with Crippen LogP contribution in [0, 0.1) is 0 Å². The van der Waals surface area contributed by atoms with Gasteiger partial charge in [0.15, 0.2) is 0 Å². The molecule has 0 spiro atoms. The summed E-state index contributed by atoms with van der Waals surface area (Å²) in [6, 6.07) is 4.26. The van der Waals surface area contributed by atoms with Crippen molar-refractivity contribution in [3.63, 3.8) is 0 Å². The summed E-state index contributed by atoms with van der Waals surface area (Å²) in [6.07, 6.45) is 15.9. The van der Waals surface area contributed by atoms with E-state index in [0.717, 1.165) is 11.4 Å². The first kappa shape index (κ1) is 10.3. The van der Waals surface area contributed by atoms with E-state index in [4.69, 9.17) is 0 Å². The van der Waals surface area contributed by atoms with Crippen LogP contribution in [0.4, 0.5) is 0 Å². The summed E-state index contributed by atoms with van der Waals surface area (Å²) in [5.41, 5.74) is 3.59. The molecule has 0 amide bonds. The molecule has 1 fully saturated rings. The summed E-state index contributed by atoms with van der Waals surface area (Å²) < 4.78 is 0. The molecule has 3 rings (SSSR count). The summed E-state index contributed by atoms with van der Waals surface area (Å²) in [6.45, 7) is 0. The summed E-state index contributed by atoms with van der Waals surface area (Å²) >= 11 is 0. The van der Waals surface area contributed by atoms with E-state index in [-0.39, 0.29) is 0 Å². The number of nitrogens with one attached hydrogen (secondary N) is 1. The summed E-state index contributed by atoms with van der Waals surface area (Å²) in [5, 5.41) is 3.30. The second-order valence-electron chi connectivity index (χ2n) is 4.54. The lowest BCUT2D eigenvalue weighted by Gasteiger charge is -2.27. The van der Waals surface area contributed by atoms with Crippen molar-refractivity contribution >= 4 is 5.70 Å². The highest BCUT2D eigenvalue weighted by Gasteiger charge is 2.23. The first-order valence-electron chi connectivity index (χ1n) is 6.20. The SMILES string of the molecule is C1=CC=C(c2ncccc2C2CCC2)NC=C1. The average molecular weight is 224 g/mol. The van der Waals surface area contributed by atoms with E-state index < -0.39 is 0 Å². The minimum atomic E-state index is 0.706. The first-order valence-corrected chi connectivity index (χ1v) is 6.20. The van der Waals surface area contributed by atoms with Gasteiger partial charge in [-0.2, -0.15) is 0 Å². The molecule has 86 valence electrons. The zero-order chi connectivity index (χ0) is 11.5. The smallest absolute Gasteiger partial charge is 0.0898 e. The molecule has 2 aliphatic rings. The summed E-state index contributed by atoms with van der Waals surface area (Å²) in [7, 11) is 0. The van der Waals surface area contributed by atoms with Gasteiger partial charge in [-0.3, -0.25) is 4.98 Å². The van der Waals surface area contributed by atoms with Crippen molar-refractivity contribution in [3.8, 4) is 0 Å². The normalized spacial score (nSPS) is 19.2. The first-order chi connectivity index (χ1) is 8.45. The fourth-order valence-corrected chi connectivity index (χ4v) is 2.30. The van der Waals surface area contributed by atoms with Crippen LogP contribution in [0.25, 0.3) is 5.70 Å². The predicted octanol–water partition coefficient (Wildman–Crippen LogP) is 3.36. The molecule has 1 saturated carbocycles. The Bertz CT molecular complexity index is 493. The van der Waals surface area contributed by atoms with E-state index in [1.807, 2.05) is 36.7 Å². The molecule has 2 nitrogen and oxygen atoms in total. The molecular weight excluding hydrogens is 208 g/mol. The van der Waals surface area contributed by atoms with Gasteiger partial charge in [-0.15, -0.1) is 0 Å². The van der Waals surface area contributed by atoms with Gasteiger partial charge >= 0.3 is 0 Å². The van der Waals surface area contributed by atoms with Crippen LogP contribution in [0.15, 0.2) is 48.8 Å². The molecule has 1 aliphatic heterocycles. The van der Waals surface area contributed by atoms with Gasteiger partial charge in [0, 0.05) is 12.4 Å². The number of hydrogen-bond donors (Lipinski definition) is 1. The van der Waals surface area contributed by atoms with Crippen LogP contribution in [0.1, 0.15) is 36.4 Å². The third kappa shape index (κ3) is 2.03. The maximum Gasteiger partial charge on any atom is 0.0898 e. The number of rotatable bonds is 2. The summed E-state index contributed by atoms with van der Waals surface area (Å²) in [4.78, 5) is 4.55. The monoisotopic (exact) mass is 224 g/mol. The Morgan fingerprint density at radius 2 is 2.12 bits per heavy atom. The molecule has 0 aromatic carbocycles. The highest BCUT2D eigenvalue weighted by atomic mass is 14.9. The van der Waals surface area contributed by atoms with Crippen molar-refractivity contribution in [2.75, 3.05) is 0 Å². The van der Waals surface area contributed by atoms with Gasteiger partial charge in [-0.25, -0.2) is 0 Å². The van der Waals surface area contributed by atoms with E-state index >= 15 is 0 Å². The molecule has 0 saturated heterocycles. The molecule has 1 N–H and O–H groups in total. The third-order valence-corrected chi connectivity index (χ3v) is 3.46. The van der Waals surface area contributed by atoms with E-state index in [1.54, 1.807) is 0 Å². The molecule has 0 bridgehead atoms. The minimum Gasteiger partial charge on any atom is -0.360 e. The number of pyridine rings is 1. The van der Waals surface area contributed by atoms with Gasteiger partial charge in [0.25, 0.3) is 0 Å². The van der Waals surface area contributed by atoms with Gasteiger partial charge in [0.05, 0.1) is 11.4 Å². The predicted molar refractivity (Wildman–Crippen MR) is 70.2 cm³/mol. The lowest BCUT2D eigenvalue weighted by atomic mass is 9.79. The molecular formula is C15H16N2. The van der Waals surface area contributed by atoms with Crippen LogP contribution in [-0.2, 0) is 0 Å². The summed E-state index contributed by atoms with van der Waals surface area (Å²) in [5.74, 6) is 0.706. The lowest BCUT2D eigenvalue weighted by Crippen LogP contribution is -2.14. The van der Waals surface area contributed by atoms with Gasteiger partial charge in [0.2, 0.25) is 0 Å². The Hall–Kier alpha value is -1.83. The van der Waals surface area contributed by atoms with Gasteiger partial charge < -0.3 is 5.32 Å². The number of allylic oxidation sites excluding steroid dienone is 4. The molecule has 0 radical (unpaired) electrons. The van der Waals surface area contributed by atoms with E-state index in [9.17, 15) is 0 Å². The van der Waals surface area contributed by atoms with E-state index in [0.29, 0.717) is 5.92 Å². The zero-order valence-corrected chi connectivity index (χ0v) is 9.76. The van der Waals surface area contributed by atoms with Crippen LogP contribution >= 0.6 is 0 Å². The number of hydrogen-bond acceptors (Lipinski definition) is 2.